The quantitative estimate of drug-likeness (QED) is 0.383. The van der Waals surface area contributed by atoms with Crippen LogP contribution in [-0.4, -0.2) is 39.8 Å². The molecule has 5 rings (SSSR count). The van der Waals surface area contributed by atoms with E-state index in [0.717, 1.165) is 39.9 Å². The summed E-state index contributed by atoms with van der Waals surface area (Å²) in [4.78, 5) is 21.9. The van der Waals surface area contributed by atoms with Gasteiger partial charge in [-0.1, -0.05) is 42.1 Å². The highest BCUT2D eigenvalue weighted by molar-refractivity contribution is 7.99. The highest BCUT2D eigenvalue weighted by Crippen LogP contribution is 2.28. The van der Waals surface area contributed by atoms with Gasteiger partial charge in [0.1, 0.15) is 11.0 Å². The van der Waals surface area contributed by atoms with Crippen molar-refractivity contribution in [3.8, 4) is 5.69 Å². The molecule has 1 fully saturated rings. The SMILES string of the molecule is Cc1ccc(C)c(-n2c(SCCC3OCCO3)nc3c([nH]c4ccccc43)c2=O)c1. The predicted octanol–water partition coefficient (Wildman–Crippen LogP) is 4.34. The first-order chi connectivity index (χ1) is 14.6. The summed E-state index contributed by atoms with van der Waals surface area (Å²) in [5.41, 5.74) is 5.08. The lowest BCUT2D eigenvalue weighted by molar-refractivity contribution is -0.0421. The zero-order chi connectivity index (χ0) is 20.7. The molecule has 0 bridgehead atoms. The third-order valence-electron chi connectivity index (χ3n) is 5.38. The first-order valence-electron chi connectivity index (χ1n) is 10.1. The smallest absolute Gasteiger partial charge is 0.283 e. The fourth-order valence-electron chi connectivity index (χ4n) is 3.83. The van der Waals surface area contributed by atoms with Gasteiger partial charge >= 0.3 is 0 Å². The molecule has 0 spiro atoms. The van der Waals surface area contributed by atoms with Crippen LogP contribution < -0.4 is 5.56 Å². The lowest BCUT2D eigenvalue weighted by atomic mass is 10.1. The Balaban J connectivity index is 1.66. The Hall–Kier alpha value is -2.61. The Labute approximate surface area is 178 Å². The van der Waals surface area contributed by atoms with Crippen LogP contribution in [0.4, 0.5) is 0 Å². The van der Waals surface area contributed by atoms with Gasteiger partial charge in [-0.25, -0.2) is 4.98 Å². The van der Waals surface area contributed by atoms with Gasteiger partial charge in [-0.2, -0.15) is 0 Å². The molecular weight excluding hydrogens is 398 g/mol. The Kier molecular flexibility index (Phi) is 5.10. The van der Waals surface area contributed by atoms with Gasteiger partial charge in [-0.15, -0.1) is 0 Å². The molecule has 0 radical (unpaired) electrons. The number of benzene rings is 2. The highest BCUT2D eigenvalue weighted by atomic mass is 32.2. The highest BCUT2D eigenvalue weighted by Gasteiger charge is 2.20. The largest absolute Gasteiger partial charge is 0.350 e. The van der Waals surface area contributed by atoms with Crippen LogP contribution in [0.25, 0.3) is 27.6 Å². The van der Waals surface area contributed by atoms with Crippen molar-refractivity contribution in [2.24, 2.45) is 0 Å². The average Bonchev–Trinajstić information content (AvgIpc) is 3.39. The van der Waals surface area contributed by atoms with Crippen molar-refractivity contribution in [3.63, 3.8) is 0 Å². The number of nitrogens with zero attached hydrogens (tertiary/aromatic N) is 2. The van der Waals surface area contributed by atoms with E-state index in [1.165, 1.54) is 0 Å². The van der Waals surface area contributed by atoms with Gasteiger partial charge in [0.2, 0.25) is 0 Å². The van der Waals surface area contributed by atoms with E-state index in [0.29, 0.717) is 29.4 Å². The zero-order valence-corrected chi connectivity index (χ0v) is 17.8. The second kappa shape index (κ2) is 7.91. The van der Waals surface area contributed by atoms with Gasteiger partial charge in [0.25, 0.3) is 5.56 Å². The number of hydrogen-bond donors (Lipinski definition) is 1. The van der Waals surface area contributed by atoms with Crippen molar-refractivity contribution in [2.75, 3.05) is 19.0 Å². The molecule has 7 heteroatoms. The van der Waals surface area contributed by atoms with E-state index in [1.807, 2.05) is 50.2 Å². The van der Waals surface area contributed by atoms with Gasteiger partial charge in [0.05, 0.1) is 18.9 Å². The van der Waals surface area contributed by atoms with Crippen LogP contribution in [0.5, 0.6) is 0 Å². The molecule has 3 heterocycles. The monoisotopic (exact) mass is 421 g/mol. The maximum Gasteiger partial charge on any atom is 0.283 e. The lowest BCUT2D eigenvalue weighted by Crippen LogP contribution is -2.23. The molecule has 1 aliphatic rings. The topological polar surface area (TPSA) is 69.1 Å². The maximum absolute atomic E-state index is 13.6. The third-order valence-corrected chi connectivity index (χ3v) is 6.35. The van der Waals surface area contributed by atoms with Gasteiger partial charge in [0.15, 0.2) is 11.4 Å². The maximum atomic E-state index is 13.6. The predicted molar refractivity (Wildman–Crippen MR) is 120 cm³/mol. The van der Waals surface area contributed by atoms with E-state index in [2.05, 4.69) is 11.1 Å². The first-order valence-corrected chi connectivity index (χ1v) is 11.1. The fourth-order valence-corrected chi connectivity index (χ4v) is 4.79. The molecule has 0 aliphatic carbocycles. The van der Waals surface area contributed by atoms with Gasteiger partial charge in [-0.05, 0) is 37.1 Å². The molecule has 30 heavy (non-hydrogen) atoms. The van der Waals surface area contributed by atoms with Crippen LogP contribution >= 0.6 is 11.8 Å². The van der Waals surface area contributed by atoms with E-state index >= 15 is 0 Å². The number of H-pyrrole nitrogens is 1. The normalized spacial score (nSPS) is 14.9. The van der Waals surface area contributed by atoms with Crippen LogP contribution in [0.15, 0.2) is 52.4 Å². The van der Waals surface area contributed by atoms with Crippen molar-refractivity contribution < 1.29 is 9.47 Å². The number of para-hydroxylation sites is 1. The summed E-state index contributed by atoms with van der Waals surface area (Å²) < 4.78 is 12.8. The number of thioether (sulfide) groups is 1. The van der Waals surface area contributed by atoms with Crippen molar-refractivity contribution in [1.29, 1.82) is 0 Å². The minimum Gasteiger partial charge on any atom is -0.350 e. The fraction of sp³-hybridized carbons (Fsp3) is 0.304. The van der Waals surface area contributed by atoms with Crippen LogP contribution in [-0.2, 0) is 9.47 Å². The number of aryl methyl sites for hydroxylation is 2. The molecule has 0 saturated carbocycles. The van der Waals surface area contributed by atoms with E-state index in [9.17, 15) is 4.79 Å². The van der Waals surface area contributed by atoms with Crippen LogP contribution in [0, 0.1) is 13.8 Å². The second-order valence-electron chi connectivity index (χ2n) is 7.53. The molecular formula is C23H23N3O3S. The second-order valence-corrected chi connectivity index (χ2v) is 8.59. The van der Waals surface area contributed by atoms with Crippen LogP contribution in [0.2, 0.25) is 0 Å². The summed E-state index contributed by atoms with van der Waals surface area (Å²) in [7, 11) is 0. The molecule has 2 aromatic carbocycles. The molecule has 1 N–H and O–H groups in total. The van der Waals surface area contributed by atoms with Gasteiger partial charge < -0.3 is 14.5 Å². The first kappa shape index (κ1) is 19.4. The molecule has 6 nitrogen and oxygen atoms in total. The Morgan fingerprint density at radius 3 is 2.80 bits per heavy atom. The molecule has 0 amide bonds. The third kappa shape index (κ3) is 3.43. The molecule has 154 valence electrons. The summed E-state index contributed by atoms with van der Waals surface area (Å²) in [6.07, 6.45) is 0.578. The molecule has 1 aliphatic heterocycles. The van der Waals surface area contributed by atoms with Crippen molar-refractivity contribution >= 4 is 33.7 Å². The number of fused-ring (bicyclic) bond motifs is 3. The summed E-state index contributed by atoms with van der Waals surface area (Å²) in [6.45, 7) is 5.33. The number of aromatic nitrogens is 3. The number of rotatable bonds is 5. The molecule has 4 aromatic rings. The molecule has 1 saturated heterocycles. The lowest BCUT2D eigenvalue weighted by Gasteiger charge is -2.15. The number of nitrogens with one attached hydrogen (secondary N) is 1. The number of hydrogen-bond acceptors (Lipinski definition) is 5. The summed E-state index contributed by atoms with van der Waals surface area (Å²) in [5.74, 6) is 0.746. The average molecular weight is 422 g/mol. The zero-order valence-electron chi connectivity index (χ0n) is 17.0. The summed E-state index contributed by atoms with van der Waals surface area (Å²) in [6, 6.07) is 14.0. The van der Waals surface area contributed by atoms with E-state index < -0.39 is 0 Å². The van der Waals surface area contributed by atoms with E-state index in [-0.39, 0.29) is 11.8 Å². The van der Waals surface area contributed by atoms with Crippen molar-refractivity contribution in [3.05, 3.63) is 63.9 Å². The summed E-state index contributed by atoms with van der Waals surface area (Å²) in [5, 5.41) is 1.64. The van der Waals surface area contributed by atoms with Crippen LogP contribution in [0.1, 0.15) is 17.5 Å². The molecule has 0 atom stereocenters. The number of ether oxygens (including phenoxy) is 2. The summed E-state index contributed by atoms with van der Waals surface area (Å²) >= 11 is 1.56. The Morgan fingerprint density at radius 2 is 1.97 bits per heavy atom. The Morgan fingerprint density at radius 1 is 1.17 bits per heavy atom. The van der Waals surface area contributed by atoms with Gasteiger partial charge in [-0.3, -0.25) is 9.36 Å². The number of aromatic amines is 1. The van der Waals surface area contributed by atoms with E-state index in [1.54, 1.807) is 16.3 Å². The minimum absolute atomic E-state index is 0.0826. The van der Waals surface area contributed by atoms with Crippen molar-refractivity contribution in [1.82, 2.24) is 14.5 Å². The van der Waals surface area contributed by atoms with E-state index in [4.69, 9.17) is 14.5 Å². The standard InChI is InChI=1S/C23H23N3O3S/c1-14-7-8-15(2)18(13-14)26-22(27)21-20(16-5-3-4-6-17(16)24-21)25-23(26)30-12-9-19-28-10-11-29-19/h3-8,13,19,24H,9-12H2,1-2H3. The Bertz CT molecular complexity index is 1290. The van der Waals surface area contributed by atoms with Crippen molar-refractivity contribution in [2.45, 2.75) is 31.7 Å². The molecule has 2 aromatic heterocycles. The van der Waals surface area contributed by atoms with Crippen LogP contribution in [0.3, 0.4) is 0 Å². The van der Waals surface area contributed by atoms with Gasteiger partial charge in [0, 0.05) is 23.1 Å². The minimum atomic E-state index is -0.171. The molecule has 0 unspecified atom stereocenters.